The van der Waals surface area contributed by atoms with Crippen molar-refractivity contribution in [2.75, 3.05) is 25.1 Å². The summed E-state index contributed by atoms with van der Waals surface area (Å²) in [6, 6.07) is -1.22. The summed E-state index contributed by atoms with van der Waals surface area (Å²) in [5.74, 6) is -1.08. The summed E-state index contributed by atoms with van der Waals surface area (Å²) in [7, 11) is 0. The minimum absolute atomic E-state index is 0.0395. The number of carbonyl (C=O) groups is 3. The lowest BCUT2D eigenvalue weighted by Gasteiger charge is -2.33. The maximum absolute atomic E-state index is 12.3. The number of nitrogens with one attached hydrogen (secondary N) is 1. The second kappa shape index (κ2) is 9.88. The van der Waals surface area contributed by atoms with E-state index < -0.39 is 12.0 Å². The van der Waals surface area contributed by atoms with Crippen molar-refractivity contribution in [2.45, 2.75) is 45.2 Å². The predicted octanol–water partition coefficient (Wildman–Crippen LogP) is -1.52. The van der Waals surface area contributed by atoms with Crippen molar-refractivity contribution < 1.29 is 25.2 Å². The van der Waals surface area contributed by atoms with Crippen molar-refractivity contribution in [2.24, 2.45) is 11.8 Å². The number of hydrogen-bond donors (Lipinski definition) is 2. The topological polar surface area (TPSA) is 117 Å². The molecule has 1 rings (SSSR count). The zero-order valence-corrected chi connectivity index (χ0v) is 15.6. The van der Waals surface area contributed by atoms with Gasteiger partial charge in [-0.2, -0.15) is 11.8 Å². The van der Waals surface area contributed by atoms with E-state index in [9.17, 15) is 19.5 Å². The van der Waals surface area contributed by atoms with Gasteiger partial charge >= 0.3 is 0 Å². The van der Waals surface area contributed by atoms with E-state index in [2.05, 4.69) is 11.1 Å². The molecule has 2 amide bonds. The van der Waals surface area contributed by atoms with Crippen molar-refractivity contribution >= 4 is 29.5 Å². The lowest BCUT2D eigenvalue weighted by atomic mass is 9.94. The predicted molar refractivity (Wildman–Crippen MR) is 90.8 cm³/mol. The molecule has 1 aliphatic heterocycles. The van der Waals surface area contributed by atoms with Crippen LogP contribution in [0.1, 0.15) is 33.1 Å². The molecule has 1 aliphatic rings. The van der Waals surface area contributed by atoms with E-state index in [0.717, 1.165) is 12.2 Å². The van der Waals surface area contributed by atoms with Gasteiger partial charge in [0.15, 0.2) is 6.04 Å². The van der Waals surface area contributed by atoms with Gasteiger partial charge in [0, 0.05) is 25.4 Å². The first kappa shape index (κ1) is 20.8. The van der Waals surface area contributed by atoms with Crippen molar-refractivity contribution in [1.29, 1.82) is 0 Å². The number of likely N-dealkylation sites (tertiary alicyclic amines) is 1. The monoisotopic (exact) mass is 359 g/mol. The second-order valence-electron chi connectivity index (χ2n) is 6.63. The number of rotatable bonds is 8. The lowest BCUT2D eigenvalue weighted by Crippen LogP contribution is -2.68. The Hall–Kier alpha value is -1.28. The van der Waals surface area contributed by atoms with E-state index >= 15 is 0 Å². The van der Waals surface area contributed by atoms with Gasteiger partial charge in [-0.3, -0.25) is 9.59 Å². The molecule has 0 bridgehead atoms. The minimum Gasteiger partial charge on any atom is -0.548 e. The highest BCUT2D eigenvalue weighted by Gasteiger charge is 2.31. The van der Waals surface area contributed by atoms with Crippen LogP contribution < -0.4 is 16.2 Å². The zero-order chi connectivity index (χ0) is 18.3. The Balaban J connectivity index is 2.48. The van der Waals surface area contributed by atoms with Crippen LogP contribution in [0.15, 0.2) is 0 Å². The summed E-state index contributed by atoms with van der Waals surface area (Å²) in [5.41, 5.74) is 3.93. The fourth-order valence-corrected chi connectivity index (χ4v) is 3.29. The van der Waals surface area contributed by atoms with Gasteiger partial charge in [0.2, 0.25) is 5.91 Å². The molecule has 0 aromatic carbocycles. The van der Waals surface area contributed by atoms with Crippen LogP contribution >= 0.6 is 11.8 Å². The molecule has 8 heteroatoms. The molecule has 0 spiro atoms. The first-order chi connectivity index (χ1) is 11.3. The molecule has 0 unspecified atom stereocenters. The number of hydrogen-bond acceptors (Lipinski definition) is 5. The number of quaternary nitrogens is 1. The standard InChI is InChI=1S/C16H29N3O4S/c1-10(2)13(16(22)23)18-14(20)11-4-7-19(8-5-11)15(21)12(17)6-9-24-3/h10-13H,4-9,17H2,1-3H3,(H,18,20)(H,22,23)/t12-,13+/m0/s1. The third-order valence-electron chi connectivity index (χ3n) is 4.42. The molecule has 7 nitrogen and oxygen atoms in total. The summed E-state index contributed by atoms with van der Waals surface area (Å²) >= 11 is 1.69. The largest absolute Gasteiger partial charge is 0.548 e. The maximum atomic E-state index is 12.3. The third-order valence-corrected chi connectivity index (χ3v) is 5.06. The Morgan fingerprint density at radius 1 is 1.29 bits per heavy atom. The van der Waals surface area contributed by atoms with Crippen LogP contribution in [-0.4, -0.2) is 59.9 Å². The van der Waals surface area contributed by atoms with Gasteiger partial charge in [-0.25, -0.2) is 0 Å². The maximum Gasteiger partial charge on any atom is 0.280 e. The zero-order valence-electron chi connectivity index (χ0n) is 14.7. The van der Waals surface area contributed by atoms with Crippen LogP contribution in [0, 0.1) is 11.8 Å². The van der Waals surface area contributed by atoms with Crippen LogP contribution in [0.3, 0.4) is 0 Å². The molecule has 0 aromatic rings. The molecular formula is C16H29N3O4S. The Morgan fingerprint density at radius 3 is 2.33 bits per heavy atom. The molecule has 1 saturated heterocycles. The Morgan fingerprint density at radius 2 is 1.88 bits per heavy atom. The molecular weight excluding hydrogens is 330 g/mol. The Kier molecular flexibility index (Phi) is 8.55. The fourth-order valence-electron chi connectivity index (χ4n) is 2.77. The van der Waals surface area contributed by atoms with E-state index in [0.29, 0.717) is 25.9 Å². The molecule has 1 fully saturated rings. The minimum atomic E-state index is -1.26. The average molecular weight is 359 g/mol. The summed E-state index contributed by atoms with van der Waals surface area (Å²) < 4.78 is 0. The number of amides is 2. The number of carboxylic acids is 1. The first-order valence-electron chi connectivity index (χ1n) is 8.40. The number of nitrogens with zero attached hydrogens (tertiary/aromatic N) is 1. The number of piperidine rings is 1. The summed E-state index contributed by atoms with van der Waals surface area (Å²) in [5, 5.41) is 13.6. The van der Waals surface area contributed by atoms with Crippen molar-refractivity contribution in [3.05, 3.63) is 0 Å². The number of carbonyl (C=O) groups excluding carboxylic acids is 3. The van der Waals surface area contributed by atoms with Gasteiger partial charge in [0.1, 0.15) is 0 Å². The molecule has 138 valence electrons. The van der Waals surface area contributed by atoms with Crippen LogP contribution in [0.2, 0.25) is 0 Å². The normalized spacial score (nSPS) is 18.3. The van der Waals surface area contributed by atoms with Gasteiger partial charge < -0.3 is 25.9 Å². The summed E-state index contributed by atoms with van der Waals surface area (Å²) in [6.45, 7) is 4.48. The van der Waals surface area contributed by atoms with Gasteiger partial charge in [-0.1, -0.05) is 13.8 Å². The molecule has 24 heavy (non-hydrogen) atoms. The highest BCUT2D eigenvalue weighted by molar-refractivity contribution is 7.98. The Labute approximate surface area is 147 Å². The van der Waals surface area contributed by atoms with Crippen LogP contribution in [0.5, 0.6) is 0 Å². The molecule has 0 saturated carbocycles. The number of aliphatic carboxylic acids is 1. The summed E-state index contributed by atoms with van der Waals surface area (Å²) in [6.07, 6.45) is 3.84. The molecule has 0 aromatic heterocycles. The molecule has 0 radical (unpaired) electrons. The average Bonchev–Trinajstić information content (AvgIpc) is 2.56. The second-order valence-corrected chi connectivity index (χ2v) is 7.61. The van der Waals surface area contributed by atoms with Crippen molar-refractivity contribution in [1.82, 2.24) is 10.2 Å². The van der Waals surface area contributed by atoms with E-state index in [1.165, 1.54) is 0 Å². The van der Waals surface area contributed by atoms with E-state index in [1.54, 1.807) is 30.5 Å². The SMILES string of the molecule is CSCC[C@H]([NH3+])C(=O)N1CCC(C(=O)N[C@@H](C(=O)[O-])C(C)C)CC1. The summed E-state index contributed by atoms with van der Waals surface area (Å²) in [4.78, 5) is 37.4. The van der Waals surface area contributed by atoms with E-state index in [1.807, 2.05) is 6.26 Å². The Bertz CT molecular complexity index is 451. The van der Waals surface area contributed by atoms with Gasteiger partial charge in [-0.15, -0.1) is 0 Å². The van der Waals surface area contributed by atoms with Gasteiger partial charge in [0.25, 0.3) is 5.91 Å². The smallest absolute Gasteiger partial charge is 0.280 e. The van der Waals surface area contributed by atoms with Crippen LogP contribution in [0.25, 0.3) is 0 Å². The fraction of sp³-hybridized carbons (Fsp3) is 0.812. The quantitative estimate of drug-likeness (QED) is 0.546. The first-order valence-corrected chi connectivity index (χ1v) is 9.79. The van der Waals surface area contributed by atoms with E-state index in [-0.39, 0.29) is 29.7 Å². The third kappa shape index (κ3) is 5.98. The van der Waals surface area contributed by atoms with Gasteiger partial charge in [-0.05, 0) is 30.8 Å². The van der Waals surface area contributed by atoms with Crippen LogP contribution in [0.4, 0.5) is 0 Å². The number of carboxylic acid groups (broad SMARTS) is 1. The van der Waals surface area contributed by atoms with Crippen molar-refractivity contribution in [3.8, 4) is 0 Å². The highest BCUT2D eigenvalue weighted by Crippen LogP contribution is 2.19. The molecule has 4 N–H and O–H groups in total. The molecule has 0 aliphatic carbocycles. The van der Waals surface area contributed by atoms with E-state index in [4.69, 9.17) is 0 Å². The number of thioether (sulfide) groups is 1. The lowest BCUT2D eigenvalue weighted by molar-refractivity contribution is -0.406. The molecule has 1 heterocycles. The van der Waals surface area contributed by atoms with Crippen molar-refractivity contribution in [3.63, 3.8) is 0 Å². The molecule has 2 atom stereocenters. The highest BCUT2D eigenvalue weighted by atomic mass is 32.2. The van der Waals surface area contributed by atoms with Crippen LogP contribution in [-0.2, 0) is 14.4 Å². The van der Waals surface area contributed by atoms with Gasteiger partial charge in [0.05, 0.1) is 12.0 Å².